The Bertz CT molecular complexity index is 315. The van der Waals surface area contributed by atoms with E-state index < -0.39 is 7.12 Å². The van der Waals surface area contributed by atoms with Crippen molar-refractivity contribution in [1.82, 2.24) is 0 Å². The van der Waals surface area contributed by atoms with Gasteiger partial charge in [-0.3, -0.25) is 0 Å². The van der Waals surface area contributed by atoms with E-state index in [1.165, 1.54) is 0 Å². The summed E-state index contributed by atoms with van der Waals surface area (Å²) in [5.74, 6) is 0.477. The van der Waals surface area contributed by atoms with E-state index in [1.807, 2.05) is 13.8 Å². The normalized spacial score (nSPS) is 10.6. The first kappa shape index (κ1) is 13.0. The third kappa shape index (κ3) is 4.22. The van der Waals surface area contributed by atoms with Gasteiger partial charge < -0.3 is 19.5 Å². The fourth-order valence-corrected chi connectivity index (χ4v) is 1.26. The molecular formula is C11H17BO4. The highest BCUT2D eigenvalue weighted by atomic mass is 16.5. The van der Waals surface area contributed by atoms with Gasteiger partial charge >= 0.3 is 7.12 Å². The molecule has 0 heterocycles. The quantitative estimate of drug-likeness (QED) is 0.534. The van der Waals surface area contributed by atoms with Crippen molar-refractivity contribution < 1.29 is 19.5 Å². The Kier molecular flexibility index (Phi) is 5.32. The van der Waals surface area contributed by atoms with Gasteiger partial charge in [-0.2, -0.15) is 0 Å². The van der Waals surface area contributed by atoms with E-state index in [0.717, 1.165) is 0 Å². The van der Waals surface area contributed by atoms with Gasteiger partial charge in [0.1, 0.15) is 12.4 Å². The summed E-state index contributed by atoms with van der Waals surface area (Å²) < 4.78 is 10.7. The molecule has 0 aromatic heterocycles. The second kappa shape index (κ2) is 6.53. The van der Waals surface area contributed by atoms with Gasteiger partial charge in [0.25, 0.3) is 0 Å². The zero-order valence-corrected chi connectivity index (χ0v) is 9.59. The Morgan fingerprint density at radius 1 is 1.19 bits per heavy atom. The van der Waals surface area contributed by atoms with Crippen molar-refractivity contribution in [2.45, 2.75) is 20.0 Å². The molecule has 0 aliphatic rings. The molecule has 0 unspecified atom stereocenters. The molecule has 5 heteroatoms. The number of rotatable bonds is 6. The highest BCUT2D eigenvalue weighted by molar-refractivity contribution is 6.59. The molecule has 0 aliphatic heterocycles. The van der Waals surface area contributed by atoms with Crippen molar-refractivity contribution in [3.63, 3.8) is 0 Å². The SMILES string of the molecule is CC(C)OCCOc1ccccc1B(O)O. The van der Waals surface area contributed by atoms with Crippen LogP contribution in [0.5, 0.6) is 5.75 Å². The van der Waals surface area contributed by atoms with Gasteiger partial charge in [-0.05, 0) is 19.9 Å². The molecule has 0 saturated heterocycles. The lowest BCUT2D eigenvalue weighted by Crippen LogP contribution is -2.31. The van der Waals surface area contributed by atoms with Crippen molar-refractivity contribution in [3.05, 3.63) is 24.3 Å². The zero-order valence-electron chi connectivity index (χ0n) is 9.59. The van der Waals surface area contributed by atoms with Crippen LogP contribution in [-0.4, -0.2) is 36.5 Å². The standard InChI is InChI=1S/C11H17BO4/c1-9(2)15-7-8-16-11-6-4-3-5-10(11)12(13)14/h3-6,9,13-14H,7-8H2,1-2H3. The molecule has 1 aromatic carbocycles. The Labute approximate surface area is 96.0 Å². The van der Waals surface area contributed by atoms with Crippen molar-refractivity contribution in [3.8, 4) is 5.75 Å². The number of benzene rings is 1. The third-order valence-corrected chi connectivity index (χ3v) is 1.99. The molecule has 0 radical (unpaired) electrons. The average molecular weight is 224 g/mol. The maximum Gasteiger partial charge on any atom is 0.492 e. The predicted molar refractivity (Wildman–Crippen MR) is 62.9 cm³/mol. The van der Waals surface area contributed by atoms with Crippen LogP contribution in [0.25, 0.3) is 0 Å². The van der Waals surface area contributed by atoms with E-state index in [-0.39, 0.29) is 6.10 Å². The van der Waals surface area contributed by atoms with Crippen molar-refractivity contribution in [1.29, 1.82) is 0 Å². The van der Waals surface area contributed by atoms with Crippen LogP contribution >= 0.6 is 0 Å². The topological polar surface area (TPSA) is 58.9 Å². The van der Waals surface area contributed by atoms with Crippen LogP contribution < -0.4 is 10.2 Å². The lowest BCUT2D eigenvalue weighted by atomic mass is 9.79. The Morgan fingerprint density at radius 3 is 2.50 bits per heavy atom. The minimum Gasteiger partial charge on any atom is -0.492 e. The summed E-state index contributed by atoms with van der Waals surface area (Å²) in [7, 11) is -1.51. The van der Waals surface area contributed by atoms with E-state index in [9.17, 15) is 0 Å². The van der Waals surface area contributed by atoms with Gasteiger partial charge in [0.15, 0.2) is 0 Å². The van der Waals surface area contributed by atoms with Crippen molar-refractivity contribution in [2.75, 3.05) is 13.2 Å². The summed E-state index contributed by atoms with van der Waals surface area (Å²) in [6, 6.07) is 6.82. The highest BCUT2D eigenvalue weighted by Gasteiger charge is 2.15. The van der Waals surface area contributed by atoms with E-state index >= 15 is 0 Å². The summed E-state index contributed by atoms with van der Waals surface area (Å²) in [5.41, 5.74) is 0.368. The largest absolute Gasteiger partial charge is 0.492 e. The van der Waals surface area contributed by atoms with E-state index in [4.69, 9.17) is 19.5 Å². The van der Waals surface area contributed by atoms with Gasteiger partial charge in [-0.15, -0.1) is 0 Å². The van der Waals surface area contributed by atoms with Crippen LogP contribution in [0, 0.1) is 0 Å². The lowest BCUT2D eigenvalue weighted by molar-refractivity contribution is 0.0554. The van der Waals surface area contributed by atoms with Crippen LogP contribution in [0.1, 0.15) is 13.8 Å². The maximum atomic E-state index is 9.09. The van der Waals surface area contributed by atoms with E-state index in [0.29, 0.717) is 24.4 Å². The minimum absolute atomic E-state index is 0.169. The minimum atomic E-state index is -1.51. The summed E-state index contributed by atoms with van der Waals surface area (Å²) >= 11 is 0. The maximum absolute atomic E-state index is 9.09. The van der Waals surface area contributed by atoms with Crippen LogP contribution in [0.3, 0.4) is 0 Å². The number of ether oxygens (including phenoxy) is 2. The van der Waals surface area contributed by atoms with E-state index in [1.54, 1.807) is 24.3 Å². The molecule has 1 aromatic rings. The van der Waals surface area contributed by atoms with Crippen molar-refractivity contribution in [2.24, 2.45) is 0 Å². The molecule has 0 spiro atoms. The van der Waals surface area contributed by atoms with Crippen LogP contribution in [-0.2, 0) is 4.74 Å². The van der Waals surface area contributed by atoms with Gasteiger partial charge in [-0.25, -0.2) is 0 Å². The zero-order chi connectivity index (χ0) is 12.0. The van der Waals surface area contributed by atoms with Crippen LogP contribution in [0.2, 0.25) is 0 Å². The smallest absolute Gasteiger partial charge is 0.492 e. The Hall–Kier alpha value is -1.04. The fourth-order valence-electron chi connectivity index (χ4n) is 1.26. The number of hydrogen-bond donors (Lipinski definition) is 2. The summed E-state index contributed by atoms with van der Waals surface area (Å²) in [4.78, 5) is 0. The predicted octanol–water partition coefficient (Wildman–Crippen LogP) is 0.170. The Balaban J connectivity index is 2.47. The molecule has 88 valence electrons. The summed E-state index contributed by atoms with van der Waals surface area (Å²) in [5, 5.41) is 18.2. The number of para-hydroxylation sites is 1. The molecule has 0 saturated carbocycles. The first-order chi connectivity index (χ1) is 7.61. The molecule has 0 bridgehead atoms. The molecular weight excluding hydrogens is 207 g/mol. The fraction of sp³-hybridized carbons (Fsp3) is 0.455. The van der Waals surface area contributed by atoms with Gasteiger partial charge in [0.2, 0.25) is 0 Å². The first-order valence-electron chi connectivity index (χ1n) is 5.30. The summed E-state index contributed by atoms with van der Waals surface area (Å²) in [6.07, 6.45) is 0.169. The van der Waals surface area contributed by atoms with Crippen molar-refractivity contribution >= 4 is 12.6 Å². The van der Waals surface area contributed by atoms with Crippen LogP contribution in [0.15, 0.2) is 24.3 Å². The molecule has 2 N–H and O–H groups in total. The average Bonchev–Trinajstić information content (AvgIpc) is 2.24. The lowest BCUT2D eigenvalue weighted by Gasteiger charge is -2.12. The van der Waals surface area contributed by atoms with Gasteiger partial charge in [0, 0.05) is 5.46 Å². The molecule has 16 heavy (non-hydrogen) atoms. The highest BCUT2D eigenvalue weighted by Crippen LogP contribution is 2.06. The van der Waals surface area contributed by atoms with Gasteiger partial charge in [-0.1, -0.05) is 18.2 Å². The second-order valence-electron chi connectivity index (χ2n) is 3.68. The Morgan fingerprint density at radius 2 is 1.88 bits per heavy atom. The molecule has 0 fully saturated rings. The first-order valence-corrected chi connectivity index (χ1v) is 5.30. The molecule has 0 amide bonds. The van der Waals surface area contributed by atoms with Crippen LogP contribution in [0.4, 0.5) is 0 Å². The summed E-state index contributed by atoms with van der Waals surface area (Å²) in [6.45, 7) is 4.77. The van der Waals surface area contributed by atoms with Gasteiger partial charge in [0.05, 0.1) is 12.7 Å². The third-order valence-electron chi connectivity index (χ3n) is 1.99. The molecule has 0 aliphatic carbocycles. The van der Waals surface area contributed by atoms with E-state index in [2.05, 4.69) is 0 Å². The second-order valence-corrected chi connectivity index (χ2v) is 3.68. The molecule has 0 atom stereocenters. The number of hydrogen-bond acceptors (Lipinski definition) is 4. The monoisotopic (exact) mass is 224 g/mol. The molecule has 4 nitrogen and oxygen atoms in total. The molecule has 1 rings (SSSR count).